The number of anilines is 1. The third-order valence-electron chi connectivity index (χ3n) is 6.21. The van der Waals surface area contributed by atoms with Crippen LogP contribution in [0.1, 0.15) is 37.4 Å². The zero-order valence-electron chi connectivity index (χ0n) is 21.7. The lowest BCUT2D eigenvalue weighted by molar-refractivity contribution is -0.127. The van der Waals surface area contributed by atoms with Crippen LogP contribution in [-0.4, -0.2) is 40.5 Å². The number of rotatable bonds is 10. The van der Waals surface area contributed by atoms with E-state index < -0.39 is 6.04 Å². The van der Waals surface area contributed by atoms with Gasteiger partial charge in [-0.1, -0.05) is 67.6 Å². The van der Waals surface area contributed by atoms with E-state index in [1.807, 2.05) is 79.7 Å². The molecule has 0 unspecified atom stereocenters. The Balaban J connectivity index is 1.81. The molecule has 37 heavy (non-hydrogen) atoms. The Kier molecular flexibility index (Phi) is 8.18. The van der Waals surface area contributed by atoms with Crippen LogP contribution < -0.4 is 15.0 Å². The fourth-order valence-corrected chi connectivity index (χ4v) is 4.28. The number of aromatic nitrogens is 3. The molecular formula is C29H33N5O3. The largest absolute Gasteiger partial charge is 0.495 e. The predicted molar refractivity (Wildman–Crippen MR) is 144 cm³/mol. The first-order valence-corrected chi connectivity index (χ1v) is 12.5. The van der Waals surface area contributed by atoms with Crippen LogP contribution in [0.15, 0.2) is 72.8 Å². The van der Waals surface area contributed by atoms with Crippen molar-refractivity contribution in [3.05, 3.63) is 83.9 Å². The summed E-state index contributed by atoms with van der Waals surface area (Å²) in [5.74, 6) is 0.364. The van der Waals surface area contributed by atoms with E-state index in [-0.39, 0.29) is 18.4 Å². The van der Waals surface area contributed by atoms with Gasteiger partial charge in [0, 0.05) is 6.54 Å². The molecule has 0 saturated heterocycles. The lowest BCUT2D eigenvalue weighted by Gasteiger charge is -2.32. The number of carbonyl (C=O) groups is 2. The first-order valence-electron chi connectivity index (χ1n) is 12.5. The van der Waals surface area contributed by atoms with Crippen molar-refractivity contribution in [3.8, 4) is 5.75 Å². The molecule has 8 nitrogen and oxygen atoms in total. The van der Waals surface area contributed by atoms with Crippen LogP contribution in [0, 0.1) is 12.8 Å². The molecule has 0 aliphatic rings. The Morgan fingerprint density at radius 3 is 2.49 bits per heavy atom. The number of nitrogens with one attached hydrogen (secondary N) is 1. The molecule has 0 spiro atoms. The molecule has 0 bridgehead atoms. The molecule has 1 atom stereocenters. The van der Waals surface area contributed by atoms with E-state index in [9.17, 15) is 9.59 Å². The average molecular weight is 500 g/mol. The number of aryl methyl sites for hydroxylation is 1. The van der Waals surface area contributed by atoms with Crippen molar-refractivity contribution in [2.75, 3.05) is 18.6 Å². The summed E-state index contributed by atoms with van der Waals surface area (Å²) >= 11 is 0. The third-order valence-corrected chi connectivity index (χ3v) is 6.21. The Labute approximate surface area is 217 Å². The minimum absolute atomic E-state index is 0.0970. The molecule has 0 aliphatic heterocycles. The average Bonchev–Trinajstić information content (AvgIpc) is 3.30. The van der Waals surface area contributed by atoms with E-state index in [0.717, 1.165) is 17.5 Å². The van der Waals surface area contributed by atoms with Gasteiger partial charge in [0.15, 0.2) is 0 Å². The van der Waals surface area contributed by atoms with Crippen LogP contribution in [0.5, 0.6) is 5.75 Å². The first-order chi connectivity index (χ1) is 17.9. The first kappa shape index (κ1) is 25.9. The molecule has 2 amide bonds. The second-order valence-corrected chi connectivity index (χ2v) is 9.46. The smallest absolute Gasteiger partial charge is 0.249 e. The Hall–Kier alpha value is -4.20. The predicted octanol–water partition coefficient (Wildman–Crippen LogP) is 4.69. The van der Waals surface area contributed by atoms with Gasteiger partial charge in [-0.15, -0.1) is 5.10 Å². The minimum Gasteiger partial charge on any atom is -0.495 e. The highest BCUT2D eigenvalue weighted by Gasteiger charge is 2.34. The molecule has 1 aromatic heterocycles. The molecule has 1 heterocycles. The zero-order valence-corrected chi connectivity index (χ0v) is 21.7. The van der Waals surface area contributed by atoms with Gasteiger partial charge in [0.1, 0.15) is 23.9 Å². The van der Waals surface area contributed by atoms with Crippen LogP contribution in [0.3, 0.4) is 0 Å². The highest BCUT2D eigenvalue weighted by molar-refractivity contribution is 6.02. The van der Waals surface area contributed by atoms with Crippen molar-refractivity contribution in [2.45, 2.75) is 39.8 Å². The van der Waals surface area contributed by atoms with Gasteiger partial charge in [-0.05, 0) is 54.7 Å². The lowest BCUT2D eigenvalue weighted by atomic mass is 10.0. The fraction of sp³-hybridized carbons (Fsp3) is 0.310. The summed E-state index contributed by atoms with van der Waals surface area (Å²) in [5.41, 5.74) is 3.59. The number of benzene rings is 3. The van der Waals surface area contributed by atoms with Crippen molar-refractivity contribution in [1.82, 2.24) is 20.3 Å². The van der Waals surface area contributed by atoms with Gasteiger partial charge in [-0.2, -0.15) is 0 Å². The second-order valence-electron chi connectivity index (χ2n) is 9.46. The van der Waals surface area contributed by atoms with E-state index in [4.69, 9.17) is 4.74 Å². The van der Waals surface area contributed by atoms with Crippen LogP contribution >= 0.6 is 0 Å². The molecule has 1 N–H and O–H groups in total. The number of carbonyl (C=O) groups excluding carboxylic acids is 2. The van der Waals surface area contributed by atoms with Crippen LogP contribution in [0.2, 0.25) is 0 Å². The molecule has 0 aliphatic carbocycles. The molecule has 0 fully saturated rings. The molecule has 4 aromatic rings. The van der Waals surface area contributed by atoms with Gasteiger partial charge >= 0.3 is 0 Å². The standard InChI is InChI=1S/C29H33N5O3/c1-20(2)16-17-30-29(36)28(22-10-6-5-7-11-22)34(25-18-21(3)14-15-26(25)37-4)27(35)19-33-24-13-9-8-12-23(24)31-32-33/h5-15,18,20,28H,16-17,19H2,1-4H3,(H,30,36)/t28-/m1/s1. The van der Waals surface area contributed by atoms with Crippen molar-refractivity contribution in [1.29, 1.82) is 0 Å². The molecule has 0 saturated carbocycles. The maximum Gasteiger partial charge on any atom is 0.249 e. The number of para-hydroxylation sites is 1. The van der Waals surface area contributed by atoms with Crippen molar-refractivity contribution in [3.63, 3.8) is 0 Å². The van der Waals surface area contributed by atoms with E-state index in [1.54, 1.807) is 11.8 Å². The fourth-order valence-electron chi connectivity index (χ4n) is 4.28. The quantitative estimate of drug-likeness (QED) is 0.342. The van der Waals surface area contributed by atoms with Crippen LogP contribution in [0.25, 0.3) is 11.0 Å². The van der Waals surface area contributed by atoms with Gasteiger partial charge < -0.3 is 10.1 Å². The Bertz CT molecular complexity index is 1370. The molecule has 4 rings (SSSR count). The number of nitrogens with zero attached hydrogens (tertiary/aromatic N) is 4. The highest BCUT2D eigenvalue weighted by atomic mass is 16.5. The van der Waals surface area contributed by atoms with Crippen molar-refractivity contribution < 1.29 is 14.3 Å². The summed E-state index contributed by atoms with van der Waals surface area (Å²) in [6.45, 7) is 6.57. The summed E-state index contributed by atoms with van der Waals surface area (Å²) < 4.78 is 7.22. The number of fused-ring (bicyclic) bond motifs is 1. The maximum atomic E-state index is 14.1. The van der Waals surface area contributed by atoms with Gasteiger partial charge in [-0.25, -0.2) is 4.68 Å². The van der Waals surface area contributed by atoms with E-state index in [2.05, 4.69) is 29.5 Å². The Morgan fingerprint density at radius 1 is 1.03 bits per heavy atom. The van der Waals surface area contributed by atoms with Crippen molar-refractivity contribution >= 4 is 28.5 Å². The Morgan fingerprint density at radius 2 is 1.76 bits per heavy atom. The van der Waals surface area contributed by atoms with Gasteiger partial charge in [0.25, 0.3) is 0 Å². The number of hydrogen-bond acceptors (Lipinski definition) is 5. The topological polar surface area (TPSA) is 89.3 Å². The van der Waals surface area contributed by atoms with Crippen LogP contribution in [0.4, 0.5) is 5.69 Å². The van der Waals surface area contributed by atoms with Gasteiger partial charge in [0.2, 0.25) is 11.8 Å². The van der Waals surface area contributed by atoms with E-state index in [0.29, 0.717) is 35.0 Å². The van der Waals surface area contributed by atoms with Crippen LogP contribution in [-0.2, 0) is 16.1 Å². The third kappa shape index (κ3) is 5.97. The number of amides is 2. The normalized spacial score (nSPS) is 11.9. The van der Waals surface area contributed by atoms with E-state index in [1.165, 1.54) is 4.90 Å². The molecule has 0 radical (unpaired) electrons. The summed E-state index contributed by atoms with van der Waals surface area (Å²) in [5, 5.41) is 11.4. The highest BCUT2D eigenvalue weighted by Crippen LogP contribution is 2.36. The van der Waals surface area contributed by atoms with Crippen molar-refractivity contribution in [2.24, 2.45) is 5.92 Å². The SMILES string of the molecule is COc1ccc(C)cc1N(C(=O)Cn1nnc2ccccc21)[C@@H](C(=O)NCCC(C)C)c1ccccc1. The summed E-state index contributed by atoms with van der Waals surface area (Å²) in [7, 11) is 1.56. The number of ether oxygens (including phenoxy) is 1. The van der Waals surface area contributed by atoms with Gasteiger partial charge in [-0.3, -0.25) is 14.5 Å². The summed E-state index contributed by atoms with van der Waals surface area (Å²) in [6.07, 6.45) is 0.833. The molecule has 192 valence electrons. The van der Waals surface area contributed by atoms with Gasteiger partial charge in [0.05, 0.1) is 18.3 Å². The molecular weight excluding hydrogens is 466 g/mol. The maximum absolute atomic E-state index is 14.1. The van der Waals surface area contributed by atoms with E-state index >= 15 is 0 Å². The minimum atomic E-state index is -0.911. The monoisotopic (exact) mass is 499 g/mol. The number of methoxy groups -OCH3 is 1. The summed E-state index contributed by atoms with van der Waals surface area (Å²) in [6, 6.07) is 21.5. The molecule has 3 aromatic carbocycles. The summed E-state index contributed by atoms with van der Waals surface area (Å²) in [4.78, 5) is 29.4. The zero-order chi connectivity index (χ0) is 26.4. The second kappa shape index (κ2) is 11.7. The number of hydrogen-bond donors (Lipinski definition) is 1. The molecule has 8 heteroatoms. The lowest BCUT2D eigenvalue weighted by Crippen LogP contribution is -2.45.